The molecule has 0 spiro atoms. The number of H-pyrrole nitrogens is 2. The lowest BCUT2D eigenvalue weighted by atomic mass is 9.81. The molecule has 1 aliphatic heterocycles. The normalized spacial score (nSPS) is 15.1. The van der Waals surface area contributed by atoms with Crippen molar-refractivity contribution >= 4 is 33.7 Å². The molecule has 0 unspecified atom stereocenters. The number of phenolic OH excluding ortho intramolecular Hbond substituents is 4. The number of carbonyl (C=O) groups is 2. The van der Waals surface area contributed by atoms with Gasteiger partial charge in [-0.15, -0.1) is 0 Å². The predicted molar refractivity (Wildman–Crippen MR) is 327 cm³/mol. The van der Waals surface area contributed by atoms with E-state index >= 15 is 0 Å². The van der Waals surface area contributed by atoms with Crippen LogP contribution in [0.25, 0.3) is 21.8 Å². The molecule has 12 nitrogen and oxygen atoms in total. The van der Waals surface area contributed by atoms with E-state index in [-0.39, 0.29) is 74.9 Å². The average molecular weight is 1110 g/mol. The number of aromatic amines is 2. The summed E-state index contributed by atoms with van der Waals surface area (Å²) >= 11 is 0. The monoisotopic (exact) mass is 1110 g/mol. The van der Waals surface area contributed by atoms with E-state index < -0.39 is 45.7 Å². The molecule has 432 valence electrons. The van der Waals surface area contributed by atoms with Crippen LogP contribution in [0.2, 0.25) is 0 Å². The summed E-state index contributed by atoms with van der Waals surface area (Å²) in [5.74, 6) is -0.866. The Bertz CT molecular complexity index is 3300. The van der Waals surface area contributed by atoms with Crippen molar-refractivity contribution in [1.82, 2.24) is 19.8 Å². The van der Waals surface area contributed by atoms with Crippen LogP contribution < -0.4 is 0 Å². The van der Waals surface area contributed by atoms with E-state index in [0.29, 0.717) is 44.5 Å². The number of aromatic hydroxyl groups is 4. The van der Waals surface area contributed by atoms with Crippen molar-refractivity contribution in [3.8, 4) is 23.0 Å². The highest BCUT2D eigenvalue weighted by Crippen LogP contribution is 2.43. The first-order chi connectivity index (χ1) is 38.5. The molecule has 0 saturated carbocycles. The highest BCUT2D eigenvalue weighted by Gasteiger charge is 2.35. The molecule has 8 aromatic rings. The van der Waals surface area contributed by atoms with Crippen molar-refractivity contribution in [3.63, 3.8) is 0 Å². The molecule has 0 aliphatic carbocycles. The Kier molecular flexibility index (Phi) is 16.3. The molecular weight excluding hydrogens is 1020 g/mol. The first kappa shape index (κ1) is 59.1. The van der Waals surface area contributed by atoms with Crippen LogP contribution in [-0.2, 0) is 92.6 Å². The molecule has 0 fully saturated rings. The number of hydrogen-bond acceptors (Lipinski definition) is 10. The Labute approximate surface area is 484 Å². The van der Waals surface area contributed by atoms with Crippen molar-refractivity contribution in [2.45, 2.75) is 169 Å². The molecule has 0 amide bonds. The summed E-state index contributed by atoms with van der Waals surface area (Å²) in [6, 6.07) is 30.2. The average Bonchev–Trinajstić information content (AvgIpc) is 4.14. The van der Waals surface area contributed by atoms with E-state index in [1.165, 1.54) is 14.2 Å². The van der Waals surface area contributed by atoms with Gasteiger partial charge in [0.25, 0.3) is 0 Å². The van der Waals surface area contributed by atoms with E-state index in [9.17, 15) is 30.0 Å². The van der Waals surface area contributed by atoms with E-state index in [2.05, 4.69) is 93.1 Å². The van der Waals surface area contributed by atoms with E-state index in [4.69, 9.17) is 9.47 Å². The fourth-order valence-electron chi connectivity index (χ4n) is 11.6. The topological polar surface area (TPSA) is 172 Å². The third kappa shape index (κ3) is 12.4. The number of para-hydroxylation sites is 2. The molecule has 0 saturated heterocycles. The predicted octanol–water partition coefficient (Wildman–Crippen LogP) is 13.7. The highest BCUT2D eigenvalue weighted by atomic mass is 16.5. The second kappa shape index (κ2) is 22.7. The number of esters is 2. The molecule has 1 aliphatic rings. The number of hydrogen-bond donors (Lipinski definition) is 6. The zero-order valence-electron chi connectivity index (χ0n) is 50.5. The Morgan fingerprint density at radius 3 is 0.951 bits per heavy atom. The number of benzene rings is 6. The van der Waals surface area contributed by atoms with Gasteiger partial charge in [0.15, 0.2) is 0 Å². The highest BCUT2D eigenvalue weighted by molar-refractivity contribution is 5.86. The van der Waals surface area contributed by atoms with Crippen LogP contribution in [0.4, 0.5) is 0 Å². The maximum atomic E-state index is 14.6. The van der Waals surface area contributed by atoms with E-state index in [0.717, 1.165) is 55.2 Å². The second-order valence-electron chi connectivity index (χ2n) is 26.9. The molecule has 12 heteroatoms. The number of carbonyl (C=O) groups excluding carboxylic acids is 2. The molecule has 8 bridgehead atoms. The SMILES string of the molecule is COC(=O)[C@@H](Cc1c[nH]c2ccccc12)N1Cc2cc(C(C)(C)C)cc(c2O)Cc2cc(C(C)(C)C)cc(c2O)CN([C@@H](Cc2c[nH]c3ccccc23)C(=O)OC)Cc2cc(C(C)(C)C)cc(c2O)Cc2cc(C(C)(C)C)cc(c2O)C1. The van der Waals surface area contributed by atoms with Gasteiger partial charge in [-0.1, -0.05) is 168 Å². The van der Waals surface area contributed by atoms with Gasteiger partial charge in [-0.2, -0.15) is 0 Å². The summed E-state index contributed by atoms with van der Waals surface area (Å²) in [6.45, 7) is 25.7. The molecule has 9 rings (SSSR count). The number of phenols is 4. The molecular formula is C70H84N4O8. The minimum absolute atomic E-state index is 0.0216. The molecule has 0 radical (unpaired) electrons. The van der Waals surface area contributed by atoms with Gasteiger partial charge in [-0.05, 0) is 89.4 Å². The van der Waals surface area contributed by atoms with Crippen LogP contribution in [0.3, 0.4) is 0 Å². The van der Waals surface area contributed by atoms with Crippen molar-refractivity contribution in [3.05, 3.63) is 187 Å². The third-order valence-electron chi connectivity index (χ3n) is 16.8. The van der Waals surface area contributed by atoms with Gasteiger partial charge in [-0.3, -0.25) is 19.4 Å². The first-order valence-corrected chi connectivity index (χ1v) is 28.7. The number of fused-ring (bicyclic) bond motifs is 10. The summed E-state index contributed by atoms with van der Waals surface area (Å²) in [4.78, 5) is 40.0. The second-order valence-corrected chi connectivity index (χ2v) is 26.9. The maximum Gasteiger partial charge on any atom is 0.323 e. The van der Waals surface area contributed by atoms with Crippen LogP contribution in [0.5, 0.6) is 23.0 Å². The summed E-state index contributed by atoms with van der Waals surface area (Å²) in [5.41, 5.74) is 10.4. The van der Waals surface area contributed by atoms with Crippen LogP contribution in [-0.4, -0.2) is 78.4 Å². The molecule has 3 heterocycles. The molecule has 2 aromatic heterocycles. The Morgan fingerprint density at radius 2 is 0.695 bits per heavy atom. The molecule has 2 atom stereocenters. The molecule has 6 aromatic carbocycles. The summed E-state index contributed by atoms with van der Waals surface area (Å²) < 4.78 is 11.4. The quantitative estimate of drug-likeness (QED) is 0.0805. The maximum absolute atomic E-state index is 14.6. The van der Waals surface area contributed by atoms with Crippen LogP contribution in [0.1, 0.15) is 161 Å². The number of methoxy groups -OCH3 is 2. The van der Waals surface area contributed by atoms with Crippen molar-refractivity contribution in [2.75, 3.05) is 14.2 Å². The first-order valence-electron chi connectivity index (χ1n) is 28.7. The van der Waals surface area contributed by atoms with E-state index in [1.807, 2.05) is 119 Å². The minimum Gasteiger partial charge on any atom is -0.507 e. The molecule has 6 N–H and O–H groups in total. The zero-order chi connectivity index (χ0) is 59.4. The van der Waals surface area contributed by atoms with Crippen LogP contribution in [0.15, 0.2) is 109 Å². The fourth-order valence-corrected chi connectivity index (χ4v) is 11.6. The third-order valence-corrected chi connectivity index (χ3v) is 16.8. The number of rotatable bonds is 8. The largest absolute Gasteiger partial charge is 0.507 e. The van der Waals surface area contributed by atoms with Gasteiger partial charge in [0, 0.05) is 108 Å². The molecule has 82 heavy (non-hydrogen) atoms. The van der Waals surface area contributed by atoms with Gasteiger partial charge in [0.1, 0.15) is 35.1 Å². The number of ether oxygens (including phenoxy) is 2. The lowest BCUT2D eigenvalue weighted by Crippen LogP contribution is -2.43. The van der Waals surface area contributed by atoms with Crippen molar-refractivity contribution < 1.29 is 39.5 Å². The number of aromatic nitrogens is 2. The van der Waals surface area contributed by atoms with Gasteiger partial charge < -0.3 is 39.9 Å². The van der Waals surface area contributed by atoms with E-state index in [1.54, 1.807) is 0 Å². The smallest absolute Gasteiger partial charge is 0.323 e. The van der Waals surface area contributed by atoms with Gasteiger partial charge in [0.2, 0.25) is 0 Å². The number of nitrogens with one attached hydrogen (secondary N) is 2. The van der Waals surface area contributed by atoms with Gasteiger partial charge >= 0.3 is 11.9 Å². The van der Waals surface area contributed by atoms with Crippen molar-refractivity contribution in [1.29, 1.82) is 0 Å². The summed E-state index contributed by atoms with van der Waals surface area (Å²) in [7, 11) is 2.78. The van der Waals surface area contributed by atoms with Gasteiger partial charge in [0.05, 0.1) is 14.2 Å². The Hall–Kier alpha value is -7.54. The van der Waals surface area contributed by atoms with Crippen molar-refractivity contribution in [2.24, 2.45) is 0 Å². The van der Waals surface area contributed by atoms with Crippen LogP contribution in [0, 0.1) is 0 Å². The lowest BCUT2D eigenvalue weighted by molar-refractivity contribution is -0.148. The zero-order valence-corrected chi connectivity index (χ0v) is 50.5. The Balaban J connectivity index is 1.33. The van der Waals surface area contributed by atoms with Gasteiger partial charge in [-0.25, -0.2) is 0 Å². The summed E-state index contributed by atoms with van der Waals surface area (Å²) in [6.07, 6.45) is 4.61. The standard InChI is InChI=1S/C70H84N4O8/c1-67(2,3)51-25-41-23-42-26-52(68(4,5)6)31-49(62(42)76)39-74(60(66(80)82-14)34-46-36-72-58-22-18-16-20-56(46)58)40-50-32-54(70(10,11)12)28-44(64(50)78)24-43-27-53(69(7,8)9)30-48(63(43)77)38-73(37-47(29-51)61(41)75)59(65(79)81-13)33-45-35-71-57-21-17-15-19-55(45)57/h15-22,25-32,35-36,59-60,71-72,75-78H,23-24,33-34,37-40H2,1-14H3/t59-,60+. The minimum atomic E-state index is -0.901. The van der Waals surface area contributed by atoms with Crippen LogP contribution >= 0.6 is 0 Å². The fraction of sp³-hybridized carbons (Fsp3) is 0.400. The lowest BCUT2D eigenvalue weighted by Gasteiger charge is -2.33. The summed E-state index contributed by atoms with van der Waals surface area (Å²) in [5, 5.41) is 53.5. The Morgan fingerprint density at radius 1 is 0.439 bits per heavy atom. The number of nitrogens with zero attached hydrogens (tertiary/aromatic N) is 2.